The molecular formula is C7H12N2. The van der Waals surface area contributed by atoms with Gasteiger partial charge in [-0.05, 0) is 12.2 Å². The van der Waals surface area contributed by atoms with Crippen molar-refractivity contribution in [3.05, 3.63) is 36.7 Å². The molecule has 0 bridgehead atoms. The maximum absolute atomic E-state index is 5.39. The van der Waals surface area contributed by atoms with Crippen molar-refractivity contribution in [1.82, 2.24) is 5.32 Å². The molecule has 2 heteroatoms. The van der Waals surface area contributed by atoms with Gasteiger partial charge in [-0.1, -0.05) is 13.2 Å². The molecule has 0 radical (unpaired) electrons. The second-order valence-corrected chi connectivity index (χ2v) is 1.62. The van der Waals surface area contributed by atoms with Crippen LogP contribution in [0.2, 0.25) is 0 Å². The molecule has 3 N–H and O–H groups in total. The lowest BCUT2D eigenvalue weighted by molar-refractivity contribution is 1.03. The summed E-state index contributed by atoms with van der Waals surface area (Å²) in [6.45, 7) is 7.13. The first-order valence-corrected chi connectivity index (χ1v) is 2.67. The van der Waals surface area contributed by atoms with Crippen molar-refractivity contribution < 1.29 is 0 Å². The highest BCUT2D eigenvalue weighted by molar-refractivity contribution is 5.23. The molecule has 0 atom stereocenters. The second-order valence-electron chi connectivity index (χ2n) is 1.62. The monoisotopic (exact) mass is 124 g/mol. The fraction of sp³-hybridized carbons (Fsp3) is 0.143. The Hall–Kier alpha value is -1.18. The minimum absolute atomic E-state index is 0.620. The highest BCUT2D eigenvalue weighted by Crippen LogP contribution is 1.90. The molecule has 0 saturated carbocycles. The Morgan fingerprint density at radius 3 is 2.56 bits per heavy atom. The van der Waals surface area contributed by atoms with E-state index in [-0.39, 0.29) is 0 Å². The van der Waals surface area contributed by atoms with E-state index in [1.807, 2.05) is 0 Å². The van der Waals surface area contributed by atoms with E-state index in [4.69, 9.17) is 5.73 Å². The number of hydrogen-bond acceptors (Lipinski definition) is 2. The van der Waals surface area contributed by atoms with Crippen LogP contribution in [0, 0.1) is 0 Å². The molecular weight excluding hydrogens is 112 g/mol. The standard InChI is InChI=1S/C7H12N2/c1-4-7(8)5-6(2)9-3/h4-5,9H,1-2,8H2,3H3/b7-5+. The number of hydrogen-bond donors (Lipinski definition) is 2. The van der Waals surface area contributed by atoms with Crippen molar-refractivity contribution in [1.29, 1.82) is 0 Å². The molecule has 0 heterocycles. The molecule has 0 aromatic rings. The molecule has 0 rings (SSSR count). The largest absolute Gasteiger partial charge is 0.399 e. The summed E-state index contributed by atoms with van der Waals surface area (Å²) in [6.07, 6.45) is 3.29. The summed E-state index contributed by atoms with van der Waals surface area (Å²) in [5, 5.41) is 2.83. The van der Waals surface area contributed by atoms with Crippen LogP contribution in [0.4, 0.5) is 0 Å². The Kier molecular flexibility index (Phi) is 3.28. The minimum atomic E-state index is 0.620. The van der Waals surface area contributed by atoms with Gasteiger partial charge in [0.15, 0.2) is 0 Å². The number of likely N-dealkylation sites (N-methyl/N-ethyl adjacent to an activating group) is 1. The molecule has 0 fully saturated rings. The van der Waals surface area contributed by atoms with Crippen molar-refractivity contribution in [2.24, 2.45) is 5.73 Å². The van der Waals surface area contributed by atoms with Crippen molar-refractivity contribution >= 4 is 0 Å². The van der Waals surface area contributed by atoms with Crippen molar-refractivity contribution in [2.75, 3.05) is 7.05 Å². The summed E-state index contributed by atoms with van der Waals surface area (Å²) < 4.78 is 0. The van der Waals surface area contributed by atoms with E-state index in [0.29, 0.717) is 5.70 Å². The first-order valence-electron chi connectivity index (χ1n) is 2.67. The van der Waals surface area contributed by atoms with Gasteiger partial charge in [0.2, 0.25) is 0 Å². The summed E-state index contributed by atoms with van der Waals surface area (Å²) in [5.41, 5.74) is 6.80. The Balaban J connectivity index is 3.94. The molecule has 0 amide bonds. The van der Waals surface area contributed by atoms with Crippen LogP contribution in [0.3, 0.4) is 0 Å². The summed E-state index contributed by atoms with van der Waals surface area (Å²) in [6, 6.07) is 0. The van der Waals surface area contributed by atoms with Gasteiger partial charge in [-0.2, -0.15) is 0 Å². The highest BCUT2D eigenvalue weighted by atomic mass is 14.8. The summed E-state index contributed by atoms with van der Waals surface area (Å²) in [5.74, 6) is 0. The molecule has 0 saturated heterocycles. The second kappa shape index (κ2) is 3.78. The third-order valence-corrected chi connectivity index (χ3v) is 0.898. The van der Waals surface area contributed by atoms with Gasteiger partial charge in [-0.3, -0.25) is 0 Å². The molecule has 0 spiro atoms. The molecule has 2 nitrogen and oxygen atoms in total. The predicted molar refractivity (Wildman–Crippen MR) is 40.7 cm³/mol. The Morgan fingerprint density at radius 1 is 1.67 bits per heavy atom. The van der Waals surface area contributed by atoms with E-state index >= 15 is 0 Å². The van der Waals surface area contributed by atoms with Crippen LogP contribution in [-0.2, 0) is 0 Å². The van der Waals surface area contributed by atoms with Gasteiger partial charge in [0.05, 0.1) is 0 Å². The lowest BCUT2D eigenvalue weighted by atomic mass is 10.3. The van der Waals surface area contributed by atoms with Crippen molar-refractivity contribution in [3.63, 3.8) is 0 Å². The Morgan fingerprint density at radius 2 is 2.22 bits per heavy atom. The maximum Gasteiger partial charge on any atom is 0.0328 e. The molecule has 50 valence electrons. The Labute approximate surface area is 55.7 Å². The smallest absolute Gasteiger partial charge is 0.0328 e. The van der Waals surface area contributed by atoms with Crippen LogP contribution in [0.15, 0.2) is 36.7 Å². The molecule has 0 aliphatic heterocycles. The van der Waals surface area contributed by atoms with Crippen molar-refractivity contribution in [3.8, 4) is 0 Å². The van der Waals surface area contributed by atoms with Crippen LogP contribution in [0.25, 0.3) is 0 Å². The lowest BCUT2D eigenvalue weighted by Gasteiger charge is -1.96. The summed E-state index contributed by atoms with van der Waals surface area (Å²) in [7, 11) is 1.79. The minimum Gasteiger partial charge on any atom is -0.399 e. The number of nitrogens with one attached hydrogen (secondary N) is 1. The van der Waals surface area contributed by atoms with Gasteiger partial charge in [0.1, 0.15) is 0 Å². The van der Waals surface area contributed by atoms with Gasteiger partial charge in [-0.25, -0.2) is 0 Å². The molecule has 0 aromatic heterocycles. The zero-order valence-electron chi connectivity index (χ0n) is 5.65. The molecule has 0 unspecified atom stereocenters. The highest BCUT2D eigenvalue weighted by Gasteiger charge is 1.81. The molecule has 9 heavy (non-hydrogen) atoms. The average Bonchev–Trinajstić information content (AvgIpc) is 1.87. The molecule has 0 aromatic carbocycles. The lowest BCUT2D eigenvalue weighted by Crippen LogP contribution is -2.03. The maximum atomic E-state index is 5.39. The zero-order valence-corrected chi connectivity index (χ0v) is 5.65. The van der Waals surface area contributed by atoms with E-state index in [2.05, 4.69) is 18.5 Å². The van der Waals surface area contributed by atoms with Gasteiger partial charge >= 0.3 is 0 Å². The van der Waals surface area contributed by atoms with Crippen molar-refractivity contribution in [2.45, 2.75) is 0 Å². The van der Waals surface area contributed by atoms with Crippen LogP contribution in [0.5, 0.6) is 0 Å². The molecule has 0 aliphatic rings. The quantitative estimate of drug-likeness (QED) is 0.545. The number of allylic oxidation sites excluding steroid dienone is 2. The number of nitrogens with two attached hydrogens (primary N) is 1. The number of rotatable bonds is 3. The first-order chi connectivity index (χ1) is 4.20. The zero-order chi connectivity index (χ0) is 7.28. The first kappa shape index (κ1) is 7.82. The van der Waals surface area contributed by atoms with E-state index in [1.54, 1.807) is 19.2 Å². The van der Waals surface area contributed by atoms with Crippen LogP contribution in [0.1, 0.15) is 0 Å². The van der Waals surface area contributed by atoms with Gasteiger partial charge in [0.25, 0.3) is 0 Å². The van der Waals surface area contributed by atoms with E-state index < -0.39 is 0 Å². The average molecular weight is 124 g/mol. The topological polar surface area (TPSA) is 38.0 Å². The van der Waals surface area contributed by atoms with Crippen LogP contribution in [-0.4, -0.2) is 7.05 Å². The summed E-state index contributed by atoms with van der Waals surface area (Å²) >= 11 is 0. The normalized spacial score (nSPS) is 10.6. The fourth-order valence-electron chi connectivity index (χ4n) is 0.332. The predicted octanol–water partition coefficient (Wildman–Crippen LogP) is 0.748. The summed E-state index contributed by atoms with van der Waals surface area (Å²) in [4.78, 5) is 0. The fourth-order valence-corrected chi connectivity index (χ4v) is 0.332. The van der Waals surface area contributed by atoms with Crippen LogP contribution < -0.4 is 11.1 Å². The third kappa shape index (κ3) is 3.41. The van der Waals surface area contributed by atoms with E-state index in [9.17, 15) is 0 Å². The molecule has 0 aliphatic carbocycles. The van der Waals surface area contributed by atoms with Gasteiger partial charge < -0.3 is 11.1 Å². The van der Waals surface area contributed by atoms with E-state index in [0.717, 1.165) is 5.70 Å². The van der Waals surface area contributed by atoms with E-state index in [1.165, 1.54) is 0 Å². The van der Waals surface area contributed by atoms with Gasteiger partial charge in [0, 0.05) is 18.4 Å². The third-order valence-electron chi connectivity index (χ3n) is 0.898. The van der Waals surface area contributed by atoms with Gasteiger partial charge in [-0.15, -0.1) is 0 Å². The van der Waals surface area contributed by atoms with Crippen LogP contribution >= 0.6 is 0 Å². The SMILES string of the molecule is C=C/C(N)=C\C(=C)NC. The Bertz CT molecular complexity index is 145.